The van der Waals surface area contributed by atoms with Gasteiger partial charge in [-0.25, -0.2) is 4.98 Å². The van der Waals surface area contributed by atoms with Crippen molar-refractivity contribution in [3.05, 3.63) is 150 Å². The van der Waals surface area contributed by atoms with Crippen molar-refractivity contribution in [3.63, 3.8) is 0 Å². The quantitative estimate of drug-likeness (QED) is 0.156. The molecule has 0 aliphatic heterocycles. The van der Waals surface area contributed by atoms with Crippen LogP contribution in [0.25, 0.3) is 66.5 Å². The molecule has 0 fully saturated rings. The Morgan fingerprint density at radius 3 is 2.00 bits per heavy atom. The van der Waals surface area contributed by atoms with E-state index in [9.17, 15) is 0 Å². The first-order chi connectivity index (χ1) is 27.0. The van der Waals surface area contributed by atoms with E-state index in [0.29, 0.717) is 5.41 Å². The average Bonchev–Trinajstić information content (AvgIpc) is 3.55. The molecule has 0 saturated heterocycles. The molecule has 58 heavy (non-hydrogen) atoms. The van der Waals surface area contributed by atoms with Gasteiger partial charge in [0.25, 0.3) is 0 Å². The fraction of sp³-hybridized carbons (Fsp3) is 0.302. The van der Waals surface area contributed by atoms with Crippen LogP contribution in [-0.2, 0) is 39.4 Å². The Balaban J connectivity index is 0.000000207. The van der Waals surface area contributed by atoms with E-state index in [4.69, 9.17) is 14.4 Å². The van der Waals surface area contributed by atoms with Crippen LogP contribution in [0.5, 0.6) is 0 Å². The van der Waals surface area contributed by atoms with Gasteiger partial charge in [-0.2, -0.15) is 0 Å². The number of furan rings is 1. The second-order valence-corrected chi connectivity index (χ2v) is 19.1. The van der Waals surface area contributed by atoms with Gasteiger partial charge in [0.1, 0.15) is 11.1 Å². The van der Waals surface area contributed by atoms with Crippen LogP contribution < -0.4 is 0 Å². The maximum Gasteiger partial charge on any atom is 0.147 e. The molecule has 4 heterocycles. The molecule has 299 valence electrons. The number of hydrogen-bond donors (Lipinski definition) is 0. The third kappa shape index (κ3) is 10.4. The summed E-state index contributed by atoms with van der Waals surface area (Å²) < 4.78 is 6.57. The summed E-state index contributed by atoms with van der Waals surface area (Å²) in [5, 5.41) is 3.25. The van der Waals surface area contributed by atoms with Crippen molar-refractivity contribution in [2.75, 3.05) is 0 Å². The van der Waals surface area contributed by atoms with Crippen molar-refractivity contribution in [3.8, 4) is 33.6 Å². The predicted octanol–water partition coefficient (Wildman–Crippen LogP) is 14.3. The summed E-state index contributed by atoms with van der Waals surface area (Å²) in [5.74, 6) is 0. The number of fused-ring (bicyclic) bond motifs is 5. The van der Waals surface area contributed by atoms with Crippen molar-refractivity contribution >= 4 is 32.8 Å². The van der Waals surface area contributed by atoms with Crippen LogP contribution in [0.3, 0.4) is 0 Å². The summed E-state index contributed by atoms with van der Waals surface area (Å²) in [7, 11) is 0. The molecule has 0 saturated carbocycles. The molecule has 0 atom stereocenters. The number of aromatic nitrogens is 3. The van der Waals surface area contributed by atoms with Crippen LogP contribution >= 0.6 is 0 Å². The third-order valence-corrected chi connectivity index (χ3v) is 9.99. The molecule has 4 aromatic carbocycles. The number of pyridine rings is 3. The molecular weight excluding hydrogens is 887 g/mol. The molecule has 0 unspecified atom stereocenters. The van der Waals surface area contributed by atoms with E-state index < -0.39 is 0 Å². The maximum absolute atomic E-state index is 6.57. The topological polar surface area (TPSA) is 51.8 Å². The molecule has 0 N–H and O–H groups in total. The summed E-state index contributed by atoms with van der Waals surface area (Å²) in [6, 6.07) is 42.5. The van der Waals surface area contributed by atoms with E-state index in [-0.39, 0.29) is 30.9 Å². The van der Waals surface area contributed by atoms with Crippen molar-refractivity contribution in [1.29, 1.82) is 0 Å². The molecule has 4 nitrogen and oxygen atoms in total. The number of aryl methyl sites for hydroxylation is 1. The Labute approximate surface area is 358 Å². The van der Waals surface area contributed by atoms with Crippen LogP contribution in [0.15, 0.2) is 120 Å². The summed E-state index contributed by atoms with van der Waals surface area (Å²) in [6.07, 6.45) is 6.85. The Bertz CT molecular complexity index is 2660. The standard InChI is InChI=1S/C31H33N2O.C22H22N.Ir/c1-19-18-32-26(15-21(19)16-30(2,3)4)25-10-8-9-23-24-14-12-20-11-13-22(17-31(5,6)7)33-27(20)29(24)34-28(23)25;1-22(2,3)16-17-9-11-18(12-10-17)20-13-14-23-21(15-20)19-7-5-4-6-8-19;/h8-9,11-15,18H,16-17H2,1-7H3;4-7,9-15H,16H2,1-3H3;/q2*-1;. The Kier molecular flexibility index (Phi) is 12.6. The van der Waals surface area contributed by atoms with E-state index >= 15 is 0 Å². The molecule has 4 aromatic heterocycles. The minimum atomic E-state index is 0. The fourth-order valence-electron chi connectivity index (χ4n) is 7.46. The van der Waals surface area contributed by atoms with Crippen LogP contribution in [0.2, 0.25) is 0 Å². The Morgan fingerprint density at radius 1 is 0.603 bits per heavy atom. The molecule has 0 aliphatic carbocycles. The zero-order valence-electron chi connectivity index (χ0n) is 35.7. The Morgan fingerprint density at radius 2 is 1.31 bits per heavy atom. The zero-order valence-corrected chi connectivity index (χ0v) is 38.1. The average molecular weight is 942 g/mol. The van der Waals surface area contributed by atoms with Gasteiger partial charge in [-0.15, -0.1) is 54.1 Å². The van der Waals surface area contributed by atoms with E-state index in [0.717, 1.165) is 80.3 Å². The molecular formula is C53H55IrN3O-2. The van der Waals surface area contributed by atoms with Gasteiger partial charge < -0.3 is 14.4 Å². The van der Waals surface area contributed by atoms with Crippen LogP contribution in [0, 0.1) is 35.3 Å². The van der Waals surface area contributed by atoms with Gasteiger partial charge in [0.15, 0.2) is 0 Å². The second kappa shape index (κ2) is 17.1. The van der Waals surface area contributed by atoms with Gasteiger partial charge in [-0.3, -0.25) is 0 Å². The van der Waals surface area contributed by atoms with E-state index in [1.165, 1.54) is 27.8 Å². The fourth-order valence-corrected chi connectivity index (χ4v) is 7.46. The molecule has 8 rings (SSSR count). The van der Waals surface area contributed by atoms with Crippen molar-refractivity contribution in [2.45, 2.75) is 88.5 Å². The first-order valence-corrected chi connectivity index (χ1v) is 20.1. The first kappa shape index (κ1) is 42.6. The molecule has 0 amide bonds. The minimum absolute atomic E-state index is 0. The first-order valence-electron chi connectivity index (χ1n) is 20.1. The van der Waals surface area contributed by atoms with Crippen molar-refractivity contribution in [1.82, 2.24) is 15.0 Å². The summed E-state index contributed by atoms with van der Waals surface area (Å²) >= 11 is 0. The second-order valence-electron chi connectivity index (χ2n) is 19.1. The summed E-state index contributed by atoms with van der Waals surface area (Å²) in [5.41, 5.74) is 14.5. The summed E-state index contributed by atoms with van der Waals surface area (Å²) in [6.45, 7) is 22.5. The van der Waals surface area contributed by atoms with Gasteiger partial charge in [0.2, 0.25) is 0 Å². The van der Waals surface area contributed by atoms with Gasteiger partial charge in [0.05, 0.1) is 5.58 Å². The number of hydrogen-bond acceptors (Lipinski definition) is 4. The smallest absolute Gasteiger partial charge is 0.147 e. The number of nitrogens with zero attached hydrogens (tertiary/aromatic N) is 3. The van der Waals surface area contributed by atoms with E-state index in [1.807, 2.05) is 42.7 Å². The number of rotatable bonds is 6. The van der Waals surface area contributed by atoms with Crippen molar-refractivity contribution < 1.29 is 24.5 Å². The summed E-state index contributed by atoms with van der Waals surface area (Å²) in [4.78, 5) is 14.3. The zero-order chi connectivity index (χ0) is 40.5. The SMILES string of the molecule is CC(C)(C)Cc1ccc(-c2ccnc(-c3[c-]cccc3)c2)cc1.Cc1cnc(-c2[c-]ccc3c2oc2c3ccc3ccc(CC(C)(C)C)nc32)cc1CC(C)(C)C.[Ir]. The minimum Gasteiger partial charge on any atom is -0.498 e. The third-order valence-electron chi connectivity index (χ3n) is 9.99. The van der Waals surface area contributed by atoms with Crippen LogP contribution in [-0.4, -0.2) is 15.0 Å². The molecule has 0 aliphatic rings. The largest absolute Gasteiger partial charge is 0.498 e. The van der Waals surface area contributed by atoms with Crippen LogP contribution in [0.1, 0.15) is 84.7 Å². The number of benzene rings is 4. The molecule has 5 heteroatoms. The monoisotopic (exact) mass is 942 g/mol. The predicted molar refractivity (Wildman–Crippen MR) is 239 cm³/mol. The van der Waals surface area contributed by atoms with Gasteiger partial charge in [0, 0.05) is 49.0 Å². The van der Waals surface area contributed by atoms with Crippen molar-refractivity contribution in [2.24, 2.45) is 16.2 Å². The van der Waals surface area contributed by atoms with E-state index in [2.05, 4.69) is 159 Å². The van der Waals surface area contributed by atoms with Crippen LogP contribution in [0.4, 0.5) is 0 Å². The van der Waals surface area contributed by atoms with Gasteiger partial charge in [-0.05, 0) is 88.2 Å². The van der Waals surface area contributed by atoms with Gasteiger partial charge in [-0.1, -0.05) is 133 Å². The molecule has 0 bridgehead atoms. The van der Waals surface area contributed by atoms with E-state index in [1.54, 1.807) is 0 Å². The molecule has 0 spiro atoms. The normalized spacial score (nSPS) is 12.0. The molecule has 1 radical (unpaired) electrons. The molecule has 8 aromatic rings. The maximum atomic E-state index is 6.57. The van der Waals surface area contributed by atoms with Gasteiger partial charge >= 0.3 is 0 Å². The Hall–Kier alpha value is -4.96.